The first kappa shape index (κ1) is 21.9. The molecule has 0 bridgehead atoms. The van der Waals surface area contributed by atoms with Crippen LogP contribution in [0.5, 0.6) is 0 Å². The lowest BCUT2D eigenvalue weighted by molar-refractivity contribution is -0.384. The Morgan fingerprint density at radius 1 is 1.23 bits per heavy atom. The van der Waals surface area contributed by atoms with Gasteiger partial charge in [-0.25, -0.2) is 10.4 Å². The minimum absolute atomic E-state index is 0.0986. The van der Waals surface area contributed by atoms with Crippen molar-refractivity contribution in [3.63, 3.8) is 0 Å². The maximum Gasteiger partial charge on any atom is 0.416 e. The molecule has 0 aliphatic carbocycles. The molecule has 0 aliphatic heterocycles. The molecule has 0 fully saturated rings. The van der Waals surface area contributed by atoms with Crippen LogP contribution >= 0.6 is 11.3 Å². The number of hydrogen-bond donors (Lipinski definition) is 2. The number of hydrogen-bond acceptors (Lipinski definition) is 7. The lowest BCUT2D eigenvalue weighted by Crippen LogP contribution is -2.19. The number of anilines is 2. The Morgan fingerprint density at radius 3 is 2.74 bits per heavy atom. The first-order chi connectivity index (χ1) is 14.7. The highest BCUT2D eigenvalue weighted by Crippen LogP contribution is 2.31. The van der Waals surface area contributed by atoms with E-state index in [1.807, 2.05) is 0 Å². The Balaban J connectivity index is 1.55. The van der Waals surface area contributed by atoms with E-state index in [0.717, 1.165) is 23.5 Å². The molecule has 2 aromatic carbocycles. The van der Waals surface area contributed by atoms with Gasteiger partial charge < -0.3 is 5.32 Å². The van der Waals surface area contributed by atoms with E-state index in [0.29, 0.717) is 16.4 Å². The Morgan fingerprint density at radius 2 is 2.00 bits per heavy atom. The van der Waals surface area contributed by atoms with Crippen LogP contribution in [-0.4, -0.2) is 22.0 Å². The van der Waals surface area contributed by atoms with Crippen LogP contribution in [0.3, 0.4) is 0 Å². The number of nitrogens with zero attached hydrogens (tertiary/aromatic N) is 3. The summed E-state index contributed by atoms with van der Waals surface area (Å²) in [5, 5.41) is 19.2. The van der Waals surface area contributed by atoms with Crippen LogP contribution in [0.1, 0.15) is 16.8 Å². The molecule has 0 atom stereocenters. The Kier molecular flexibility index (Phi) is 6.60. The number of carbonyl (C=O) groups is 1. The monoisotopic (exact) mass is 449 g/mol. The summed E-state index contributed by atoms with van der Waals surface area (Å²) in [6.45, 7) is 0. The fourth-order valence-corrected chi connectivity index (χ4v) is 3.17. The van der Waals surface area contributed by atoms with Crippen molar-refractivity contribution in [1.82, 2.24) is 10.4 Å². The van der Waals surface area contributed by atoms with Crippen LogP contribution < -0.4 is 10.7 Å². The number of hydrazone groups is 1. The van der Waals surface area contributed by atoms with Gasteiger partial charge in [-0.15, -0.1) is 11.3 Å². The van der Waals surface area contributed by atoms with E-state index < -0.39 is 22.6 Å². The fraction of sp³-hybridized carbons (Fsp3) is 0.105. The quantitative estimate of drug-likeness (QED) is 0.313. The summed E-state index contributed by atoms with van der Waals surface area (Å²) in [4.78, 5) is 26.4. The third-order valence-electron chi connectivity index (χ3n) is 3.82. The minimum Gasteiger partial charge on any atom is -0.332 e. The number of amides is 1. The summed E-state index contributed by atoms with van der Waals surface area (Å²) >= 11 is 1.14. The van der Waals surface area contributed by atoms with Crippen LogP contribution in [-0.2, 0) is 17.4 Å². The molecule has 8 nitrogen and oxygen atoms in total. The lowest BCUT2D eigenvalue weighted by atomic mass is 10.2. The summed E-state index contributed by atoms with van der Waals surface area (Å²) < 4.78 is 38.4. The molecular weight excluding hydrogens is 435 g/mol. The molecule has 0 radical (unpaired) electrons. The van der Waals surface area contributed by atoms with E-state index in [9.17, 15) is 28.1 Å². The number of thiazole rings is 1. The highest BCUT2D eigenvalue weighted by atomic mass is 32.1. The molecular formula is C19H14F3N5O3S. The molecule has 12 heteroatoms. The molecule has 1 heterocycles. The number of aromatic nitrogens is 1. The zero-order valence-electron chi connectivity index (χ0n) is 15.6. The average molecular weight is 449 g/mol. The Hall–Kier alpha value is -3.80. The van der Waals surface area contributed by atoms with Crippen LogP contribution in [0, 0.1) is 10.1 Å². The van der Waals surface area contributed by atoms with Gasteiger partial charge in [0, 0.05) is 28.8 Å². The second kappa shape index (κ2) is 9.34. The van der Waals surface area contributed by atoms with Gasteiger partial charge in [0.1, 0.15) is 0 Å². The topological polar surface area (TPSA) is 110 Å². The number of benzene rings is 2. The van der Waals surface area contributed by atoms with E-state index in [4.69, 9.17) is 0 Å². The van der Waals surface area contributed by atoms with E-state index in [1.54, 1.807) is 11.4 Å². The lowest BCUT2D eigenvalue weighted by Gasteiger charge is -2.08. The number of carbonyl (C=O) groups excluding carboxylic acids is 1. The standard InChI is InChI=1S/C19H14F3N5O3S/c20-19(21,22)13-4-2-5-14(8-13)24-18-25-15(11-31-18)9-17(28)26-23-10-12-3-1-6-16(7-12)27(29)30/h1-8,10-11H,9H2,(H,24,25)(H,26,28). The van der Waals surface area contributed by atoms with Crippen molar-refractivity contribution in [3.05, 3.63) is 80.8 Å². The van der Waals surface area contributed by atoms with Crippen molar-refractivity contribution in [1.29, 1.82) is 0 Å². The van der Waals surface area contributed by atoms with Gasteiger partial charge in [0.25, 0.3) is 5.69 Å². The zero-order chi connectivity index (χ0) is 22.4. The van der Waals surface area contributed by atoms with Crippen LogP contribution in [0.4, 0.5) is 29.7 Å². The normalized spacial score (nSPS) is 11.5. The van der Waals surface area contributed by atoms with E-state index in [2.05, 4.69) is 20.8 Å². The first-order valence-electron chi connectivity index (χ1n) is 8.66. The predicted octanol–water partition coefficient (Wildman–Crippen LogP) is 4.51. The van der Waals surface area contributed by atoms with Crippen LogP contribution in [0.2, 0.25) is 0 Å². The van der Waals surface area contributed by atoms with Crippen LogP contribution in [0.15, 0.2) is 59.0 Å². The number of nitro benzene ring substituents is 1. The predicted molar refractivity (Wildman–Crippen MR) is 109 cm³/mol. The van der Waals surface area contributed by atoms with Gasteiger partial charge in [0.05, 0.1) is 28.8 Å². The van der Waals surface area contributed by atoms with E-state index in [-0.39, 0.29) is 17.8 Å². The second-order valence-electron chi connectivity index (χ2n) is 6.17. The van der Waals surface area contributed by atoms with Crippen molar-refractivity contribution in [2.75, 3.05) is 5.32 Å². The van der Waals surface area contributed by atoms with Gasteiger partial charge >= 0.3 is 6.18 Å². The first-order valence-corrected chi connectivity index (χ1v) is 9.54. The van der Waals surface area contributed by atoms with Crippen molar-refractivity contribution in [2.45, 2.75) is 12.6 Å². The molecule has 1 aromatic heterocycles. The largest absolute Gasteiger partial charge is 0.416 e. The van der Waals surface area contributed by atoms with Gasteiger partial charge in [-0.05, 0) is 18.2 Å². The number of rotatable bonds is 7. The molecule has 160 valence electrons. The molecule has 1 amide bonds. The molecule has 0 unspecified atom stereocenters. The van der Waals surface area contributed by atoms with Gasteiger partial charge in [-0.2, -0.15) is 18.3 Å². The third-order valence-corrected chi connectivity index (χ3v) is 4.63. The summed E-state index contributed by atoms with van der Waals surface area (Å²) in [7, 11) is 0. The molecule has 0 saturated heterocycles. The summed E-state index contributed by atoms with van der Waals surface area (Å²) in [6, 6.07) is 10.4. The molecule has 0 spiro atoms. The van der Waals surface area contributed by atoms with Gasteiger partial charge in [0.15, 0.2) is 5.13 Å². The van der Waals surface area contributed by atoms with Crippen molar-refractivity contribution < 1.29 is 22.9 Å². The molecule has 0 saturated carbocycles. The van der Waals surface area contributed by atoms with E-state index >= 15 is 0 Å². The molecule has 3 aromatic rings. The van der Waals surface area contributed by atoms with Crippen molar-refractivity contribution in [3.8, 4) is 0 Å². The molecule has 31 heavy (non-hydrogen) atoms. The fourth-order valence-electron chi connectivity index (χ4n) is 2.44. The smallest absolute Gasteiger partial charge is 0.332 e. The zero-order valence-corrected chi connectivity index (χ0v) is 16.4. The Bertz CT molecular complexity index is 1130. The molecule has 3 rings (SSSR count). The molecule has 0 aliphatic rings. The van der Waals surface area contributed by atoms with Crippen LogP contribution in [0.25, 0.3) is 0 Å². The van der Waals surface area contributed by atoms with Gasteiger partial charge in [-0.1, -0.05) is 18.2 Å². The highest BCUT2D eigenvalue weighted by Gasteiger charge is 2.30. The SMILES string of the molecule is O=C(Cc1csc(Nc2cccc(C(F)(F)F)c2)n1)NN=Cc1cccc([N+](=O)[O-])c1. The maximum absolute atomic E-state index is 12.8. The summed E-state index contributed by atoms with van der Waals surface area (Å²) in [6.07, 6.45) is -3.28. The second-order valence-corrected chi connectivity index (χ2v) is 7.03. The number of nitro groups is 1. The number of nitrogens with one attached hydrogen (secondary N) is 2. The number of alkyl halides is 3. The summed E-state index contributed by atoms with van der Waals surface area (Å²) in [5.41, 5.74) is 2.48. The maximum atomic E-state index is 12.8. The minimum atomic E-state index is -4.45. The van der Waals surface area contributed by atoms with Crippen molar-refractivity contribution >= 4 is 40.0 Å². The molecule has 2 N–H and O–H groups in total. The van der Waals surface area contributed by atoms with Crippen molar-refractivity contribution in [2.24, 2.45) is 5.10 Å². The van der Waals surface area contributed by atoms with Gasteiger partial charge in [-0.3, -0.25) is 14.9 Å². The number of halogens is 3. The highest BCUT2D eigenvalue weighted by molar-refractivity contribution is 7.13. The van der Waals surface area contributed by atoms with E-state index in [1.165, 1.54) is 36.5 Å². The third kappa shape index (κ3) is 6.34. The van der Waals surface area contributed by atoms with Gasteiger partial charge in [0.2, 0.25) is 5.91 Å². The Labute approximate surface area is 177 Å². The average Bonchev–Trinajstić information content (AvgIpc) is 3.14. The number of non-ortho nitro benzene ring substituents is 1. The summed E-state index contributed by atoms with van der Waals surface area (Å²) in [5.74, 6) is -0.474.